The third-order valence-corrected chi connectivity index (χ3v) is 4.20. The van der Waals surface area contributed by atoms with Crippen LogP contribution in [0.4, 0.5) is 0 Å². The largest absolute Gasteiger partial charge is 0.334 e. The molecule has 0 saturated carbocycles. The van der Waals surface area contributed by atoms with Gasteiger partial charge >= 0.3 is 0 Å². The molecule has 1 aliphatic rings. The number of halogens is 2. The number of hydrogen-bond acceptors (Lipinski definition) is 4. The minimum absolute atomic E-state index is 0.393. The maximum Gasteiger partial charge on any atom is 0.259 e. The van der Waals surface area contributed by atoms with Gasteiger partial charge in [0.1, 0.15) is 0 Å². The number of hydrogen-bond donors (Lipinski definition) is 1. The van der Waals surface area contributed by atoms with Crippen LogP contribution in [-0.2, 0) is 0 Å². The molecule has 19 heavy (non-hydrogen) atoms. The number of rotatable bonds is 2. The maximum absolute atomic E-state index is 5.93. The standard InChI is InChI=1S/C13H13BrClN3O/c14-11-7-9(15)1-2-10(11)13-17-12(18-19-13)8-3-5-16-6-4-8/h1-2,7-8,16H,3-6H2. The van der Waals surface area contributed by atoms with Crippen LogP contribution < -0.4 is 5.32 Å². The molecule has 1 aromatic heterocycles. The van der Waals surface area contributed by atoms with E-state index in [4.69, 9.17) is 16.1 Å². The lowest BCUT2D eigenvalue weighted by atomic mass is 9.98. The number of benzene rings is 1. The Morgan fingerprint density at radius 1 is 1.32 bits per heavy atom. The SMILES string of the molecule is Clc1ccc(-c2nc(C3CCNCC3)no2)c(Br)c1. The van der Waals surface area contributed by atoms with Crippen LogP contribution in [0, 0.1) is 0 Å². The average molecular weight is 343 g/mol. The Balaban J connectivity index is 1.87. The van der Waals surface area contributed by atoms with Crippen LogP contribution in [0.15, 0.2) is 27.2 Å². The summed E-state index contributed by atoms with van der Waals surface area (Å²) in [4.78, 5) is 4.52. The molecule has 1 saturated heterocycles. The van der Waals surface area contributed by atoms with Crippen molar-refractivity contribution in [3.63, 3.8) is 0 Å². The first-order valence-electron chi connectivity index (χ1n) is 6.24. The van der Waals surface area contributed by atoms with Crippen LogP contribution in [0.25, 0.3) is 11.5 Å². The van der Waals surface area contributed by atoms with Gasteiger partial charge in [0.15, 0.2) is 5.82 Å². The van der Waals surface area contributed by atoms with Crippen molar-refractivity contribution in [2.75, 3.05) is 13.1 Å². The Morgan fingerprint density at radius 2 is 2.11 bits per heavy atom. The van der Waals surface area contributed by atoms with Crippen LogP contribution in [0.1, 0.15) is 24.6 Å². The zero-order valence-electron chi connectivity index (χ0n) is 10.2. The van der Waals surface area contributed by atoms with E-state index >= 15 is 0 Å². The highest BCUT2D eigenvalue weighted by Crippen LogP contribution is 2.31. The summed E-state index contributed by atoms with van der Waals surface area (Å²) < 4.78 is 6.23. The Labute approximate surface area is 124 Å². The normalized spacial score (nSPS) is 16.7. The summed E-state index contributed by atoms with van der Waals surface area (Å²) in [7, 11) is 0. The molecule has 0 aliphatic carbocycles. The summed E-state index contributed by atoms with van der Waals surface area (Å²) in [5.74, 6) is 1.74. The van der Waals surface area contributed by atoms with Crippen molar-refractivity contribution in [1.29, 1.82) is 0 Å². The van der Waals surface area contributed by atoms with Crippen molar-refractivity contribution in [3.8, 4) is 11.5 Å². The van der Waals surface area contributed by atoms with Crippen LogP contribution in [-0.4, -0.2) is 23.2 Å². The van der Waals surface area contributed by atoms with E-state index in [1.165, 1.54) is 0 Å². The van der Waals surface area contributed by atoms with Gasteiger partial charge < -0.3 is 9.84 Å². The molecule has 0 radical (unpaired) electrons. The van der Waals surface area contributed by atoms with Crippen molar-refractivity contribution < 1.29 is 4.52 Å². The van der Waals surface area contributed by atoms with Gasteiger partial charge in [-0.05, 0) is 60.1 Å². The summed E-state index contributed by atoms with van der Waals surface area (Å²) >= 11 is 9.39. The van der Waals surface area contributed by atoms with Gasteiger partial charge in [-0.25, -0.2) is 0 Å². The van der Waals surface area contributed by atoms with Gasteiger partial charge in [-0.1, -0.05) is 16.8 Å². The number of piperidine rings is 1. The Kier molecular flexibility index (Phi) is 3.86. The predicted octanol–water partition coefficient (Wildman–Crippen LogP) is 3.62. The zero-order chi connectivity index (χ0) is 13.2. The molecule has 1 fully saturated rings. The summed E-state index contributed by atoms with van der Waals surface area (Å²) in [6, 6.07) is 5.52. The van der Waals surface area contributed by atoms with E-state index in [0.29, 0.717) is 16.8 Å². The smallest absolute Gasteiger partial charge is 0.259 e. The van der Waals surface area contributed by atoms with E-state index in [2.05, 4.69) is 31.4 Å². The fourth-order valence-electron chi connectivity index (χ4n) is 2.25. The van der Waals surface area contributed by atoms with Crippen LogP contribution in [0.5, 0.6) is 0 Å². The molecule has 1 aliphatic heterocycles. The highest BCUT2D eigenvalue weighted by atomic mass is 79.9. The van der Waals surface area contributed by atoms with Crippen LogP contribution in [0.3, 0.4) is 0 Å². The molecule has 1 N–H and O–H groups in total. The van der Waals surface area contributed by atoms with Gasteiger partial charge in [-0.3, -0.25) is 0 Å². The topological polar surface area (TPSA) is 51.0 Å². The van der Waals surface area contributed by atoms with Gasteiger partial charge in [-0.2, -0.15) is 4.98 Å². The first kappa shape index (κ1) is 13.1. The molecule has 0 unspecified atom stereocenters. The van der Waals surface area contributed by atoms with Crippen molar-refractivity contribution in [2.24, 2.45) is 0 Å². The van der Waals surface area contributed by atoms with Crippen molar-refractivity contribution in [3.05, 3.63) is 33.5 Å². The monoisotopic (exact) mass is 341 g/mol. The van der Waals surface area contributed by atoms with E-state index in [9.17, 15) is 0 Å². The molecule has 3 rings (SSSR count). The first-order valence-corrected chi connectivity index (χ1v) is 7.41. The Hall–Kier alpha value is -0.910. The van der Waals surface area contributed by atoms with Gasteiger partial charge in [0.2, 0.25) is 0 Å². The molecule has 6 heteroatoms. The number of nitrogens with zero attached hydrogens (tertiary/aromatic N) is 2. The molecule has 0 amide bonds. The summed E-state index contributed by atoms with van der Waals surface area (Å²) in [5.41, 5.74) is 0.872. The lowest BCUT2D eigenvalue weighted by Gasteiger charge is -2.18. The minimum atomic E-state index is 0.393. The van der Waals surface area contributed by atoms with Crippen molar-refractivity contribution in [1.82, 2.24) is 15.5 Å². The molecule has 2 heterocycles. The summed E-state index contributed by atoms with van der Waals surface area (Å²) in [5, 5.41) is 8.12. The summed E-state index contributed by atoms with van der Waals surface area (Å²) in [6.45, 7) is 2.03. The first-order chi connectivity index (χ1) is 9.24. The average Bonchev–Trinajstić information content (AvgIpc) is 2.89. The third kappa shape index (κ3) is 2.83. The fraction of sp³-hybridized carbons (Fsp3) is 0.385. The molecule has 2 aromatic rings. The quantitative estimate of drug-likeness (QED) is 0.905. The Morgan fingerprint density at radius 3 is 2.84 bits per heavy atom. The molecule has 0 bridgehead atoms. The van der Waals surface area contributed by atoms with Gasteiger partial charge in [0.05, 0.1) is 5.56 Å². The third-order valence-electron chi connectivity index (χ3n) is 3.31. The molecule has 0 spiro atoms. The highest BCUT2D eigenvalue weighted by Gasteiger charge is 2.21. The van der Waals surface area contributed by atoms with E-state index in [1.807, 2.05) is 18.2 Å². The molecule has 0 atom stereocenters. The van der Waals surface area contributed by atoms with E-state index in [-0.39, 0.29) is 0 Å². The van der Waals surface area contributed by atoms with Gasteiger partial charge in [0, 0.05) is 15.4 Å². The van der Waals surface area contributed by atoms with E-state index in [1.54, 1.807) is 0 Å². The predicted molar refractivity (Wildman–Crippen MR) is 77.3 cm³/mol. The molecular formula is C13H13BrClN3O. The van der Waals surface area contributed by atoms with Crippen LogP contribution in [0.2, 0.25) is 5.02 Å². The van der Waals surface area contributed by atoms with E-state index < -0.39 is 0 Å². The number of aromatic nitrogens is 2. The maximum atomic E-state index is 5.93. The second-order valence-corrected chi connectivity index (χ2v) is 5.90. The minimum Gasteiger partial charge on any atom is -0.334 e. The van der Waals surface area contributed by atoms with Crippen molar-refractivity contribution >= 4 is 27.5 Å². The van der Waals surface area contributed by atoms with Gasteiger partial charge in [0.25, 0.3) is 5.89 Å². The second kappa shape index (κ2) is 5.61. The molecule has 100 valence electrons. The molecular weight excluding hydrogens is 330 g/mol. The van der Waals surface area contributed by atoms with E-state index in [0.717, 1.165) is 41.8 Å². The highest BCUT2D eigenvalue weighted by molar-refractivity contribution is 9.10. The zero-order valence-corrected chi connectivity index (χ0v) is 12.5. The summed E-state index contributed by atoms with van der Waals surface area (Å²) in [6.07, 6.45) is 2.11. The second-order valence-electron chi connectivity index (χ2n) is 4.61. The molecule has 1 aromatic carbocycles. The van der Waals surface area contributed by atoms with Gasteiger partial charge in [-0.15, -0.1) is 0 Å². The number of nitrogens with one attached hydrogen (secondary N) is 1. The van der Waals surface area contributed by atoms with Crippen molar-refractivity contribution in [2.45, 2.75) is 18.8 Å². The molecule has 4 nitrogen and oxygen atoms in total. The Bertz CT molecular complexity index is 581. The fourth-order valence-corrected chi connectivity index (χ4v) is 3.11. The van der Waals surface area contributed by atoms with Crippen LogP contribution >= 0.6 is 27.5 Å². The lowest BCUT2D eigenvalue weighted by Crippen LogP contribution is -2.27. The lowest BCUT2D eigenvalue weighted by molar-refractivity contribution is 0.392.